The third-order valence-electron chi connectivity index (χ3n) is 6.88. The van der Waals surface area contributed by atoms with Crippen LogP contribution in [0.4, 0.5) is 5.69 Å². The molecule has 2 amide bonds. The number of carbonyl (C=O) groups excluding carboxylic acids is 2. The fourth-order valence-corrected chi connectivity index (χ4v) is 5.12. The number of carbonyl (C=O) groups is 3. The summed E-state index contributed by atoms with van der Waals surface area (Å²) < 4.78 is 0. The van der Waals surface area contributed by atoms with Crippen LogP contribution < -0.4 is 4.90 Å². The van der Waals surface area contributed by atoms with Gasteiger partial charge in [-0.1, -0.05) is 60.7 Å². The molecule has 178 valence electrons. The first kappa shape index (κ1) is 23.0. The van der Waals surface area contributed by atoms with Crippen LogP contribution in [0.3, 0.4) is 0 Å². The molecule has 0 bridgehead atoms. The number of rotatable bonds is 6. The topological polar surface area (TPSA) is 81.2 Å². The molecule has 7 heteroatoms. The number of amides is 2. The monoisotopic (exact) mass is 469 g/mol. The van der Waals surface area contributed by atoms with Crippen molar-refractivity contribution in [3.05, 3.63) is 102 Å². The molecule has 2 saturated heterocycles. The van der Waals surface area contributed by atoms with Gasteiger partial charge in [0.25, 0.3) is 5.91 Å². The Morgan fingerprint density at radius 2 is 1.31 bits per heavy atom. The average Bonchev–Trinajstić information content (AvgIpc) is 3.19. The third-order valence-corrected chi connectivity index (χ3v) is 6.88. The molecule has 2 aliphatic rings. The first-order valence-electron chi connectivity index (χ1n) is 11.8. The largest absolute Gasteiger partial charge is 0.478 e. The molecule has 2 fully saturated rings. The van der Waals surface area contributed by atoms with Crippen LogP contribution in [0.5, 0.6) is 0 Å². The highest BCUT2D eigenvalue weighted by Gasteiger charge is 2.43. The normalized spacial score (nSPS) is 19.5. The highest BCUT2D eigenvalue weighted by atomic mass is 16.4. The van der Waals surface area contributed by atoms with Gasteiger partial charge in [0, 0.05) is 26.2 Å². The fraction of sp³-hybridized carbons (Fsp3) is 0.250. The summed E-state index contributed by atoms with van der Waals surface area (Å²) >= 11 is 0. The summed E-state index contributed by atoms with van der Waals surface area (Å²) in [6, 6.07) is 26.4. The lowest BCUT2D eigenvalue weighted by atomic mass is 9.96. The van der Waals surface area contributed by atoms with E-state index in [1.165, 1.54) is 40.3 Å². The standard InChI is InChI=1S/C28H27N3O4/c32-25-19-24(27(33)31(25)23-13-11-22(12-14-23)28(34)35)29-15-17-30(18-16-29)26(20-7-3-1-4-8-20)21-9-5-2-6-10-21/h1-14,24,26H,15-19H2,(H,34,35). The zero-order chi connectivity index (χ0) is 24.4. The summed E-state index contributed by atoms with van der Waals surface area (Å²) in [5.74, 6) is -1.54. The molecule has 0 spiro atoms. The molecule has 0 radical (unpaired) electrons. The average molecular weight is 470 g/mol. The van der Waals surface area contributed by atoms with Gasteiger partial charge in [-0.3, -0.25) is 19.4 Å². The quantitative estimate of drug-likeness (QED) is 0.557. The molecule has 35 heavy (non-hydrogen) atoms. The van der Waals surface area contributed by atoms with E-state index in [4.69, 9.17) is 5.11 Å². The number of carboxylic acids is 1. The van der Waals surface area contributed by atoms with Crippen LogP contribution in [0.15, 0.2) is 84.9 Å². The molecule has 3 aromatic carbocycles. The van der Waals surface area contributed by atoms with E-state index < -0.39 is 12.0 Å². The SMILES string of the molecule is O=C(O)c1ccc(N2C(=O)CC(N3CCN(C(c4ccccc4)c4ccccc4)CC3)C2=O)cc1. The Bertz CT molecular complexity index is 1170. The molecule has 1 N–H and O–H groups in total. The van der Waals surface area contributed by atoms with Crippen molar-refractivity contribution in [3.8, 4) is 0 Å². The lowest BCUT2D eigenvalue weighted by Crippen LogP contribution is -2.53. The van der Waals surface area contributed by atoms with Gasteiger partial charge in [-0.25, -0.2) is 9.69 Å². The number of imide groups is 1. The van der Waals surface area contributed by atoms with Crippen molar-refractivity contribution >= 4 is 23.5 Å². The minimum Gasteiger partial charge on any atom is -0.478 e. The Morgan fingerprint density at radius 1 is 0.771 bits per heavy atom. The second kappa shape index (κ2) is 9.82. The molecular weight excluding hydrogens is 442 g/mol. The summed E-state index contributed by atoms with van der Waals surface area (Å²) in [6.07, 6.45) is 0.139. The van der Waals surface area contributed by atoms with Gasteiger partial charge in [-0.2, -0.15) is 0 Å². The zero-order valence-electron chi connectivity index (χ0n) is 19.3. The second-order valence-electron chi connectivity index (χ2n) is 8.94. The van der Waals surface area contributed by atoms with Crippen molar-refractivity contribution < 1.29 is 19.5 Å². The van der Waals surface area contributed by atoms with E-state index in [0.29, 0.717) is 18.8 Å². The van der Waals surface area contributed by atoms with Gasteiger partial charge in [0.1, 0.15) is 0 Å². The minimum atomic E-state index is -1.05. The van der Waals surface area contributed by atoms with Crippen LogP contribution in [0.25, 0.3) is 0 Å². The summed E-state index contributed by atoms with van der Waals surface area (Å²) in [4.78, 5) is 42.8. The van der Waals surface area contributed by atoms with Crippen LogP contribution in [0.2, 0.25) is 0 Å². The molecule has 0 aromatic heterocycles. The molecule has 2 heterocycles. The van der Waals surface area contributed by atoms with Crippen LogP contribution >= 0.6 is 0 Å². The maximum Gasteiger partial charge on any atom is 0.335 e. The van der Waals surface area contributed by atoms with E-state index in [0.717, 1.165) is 13.1 Å². The summed E-state index contributed by atoms with van der Waals surface area (Å²) in [6.45, 7) is 2.93. The third kappa shape index (κ3) is 4.60. The van der Waals surface area contributed by atoms with Crippen LogP contribution in [0.1, 0.15) is 33.9 Å². The van der Waals surface area contributed by atoms with Gasteiger partial charge in [0.05, 0.1) is 29.8 Å². The second-order valence-corrected chi connectivity index (χ2v) is 8.94. The van der Waals surface area contributed by atoms with Gasteiger partial charge in [-0.05, 0) is 35.4 Å². The number of anilines is 1. The highest BCUT2D eigenvalue weighted by Crippen LogP contribution is 2.31. The van der Waals surface area contributed by atoms with Crippen molar-refractivity contribution in [1.29, 1.82) is 0 Å². The molecule has 7 nitrogen and oxygen atoms in total. The van der Waals surface area contributed by atoms with Gasteiger partial charge in [0.2, 0.25) is 5.91 Å². The number of hydrogen-bond acceptors (Lipinski definition) is 5. The Morgan fingerprint density at radius 3 is 1.83 bits per heavy atom. The van der Waals surface area contributed by atoms with Crippen molar-refractivity contribution in [3.63, 3.8) is 0 Å². The molecule has 0 aliphatic carbocycles. The molecule has 1 atom stereocenters. The van der Waals surface area contributed by atoms with E-state index in [1.807, 2.05) is 12.1 Å². The lowest BCUT2D eigenvalue weighted by Gasteiger charge is -2.41. The van der Waals surface area contributed by atoms with Crippen LogP contribution in [-0.4, -0.2) is 64.9 Å². The number of benzene rings is 3. The van der Waals surface area contributed by atoms with Gasteiger partial charge >= 0.3 is 5.97 Å². The van der Waals surface area contributed by atoms with Gasteiger partial charge in [0.15, 0.2) is 0 Å². The fourth-order valence-electron chi connectivity index (χ4n) is 5.12. The molecule has 3 aromatic rings. The number of hydrogen-bond donors (Lipinski definition) is 1. The first-order chi connectivity index (χ1) is 17.0. The smallest absolute Gasteiger partial charge is 0.335 e. The molecular formula is C28H27N3O4. The van der Waals surface area contributed by atoms with E-state index >= 15 is 0 Å². The van der Waals surface area contributed by atoms with Crippen LogP contribution in [-0.2, 0) is 9.59 Å². The number of piperazine rings is 1. The Hall–Kier alpha value is -3.81. The minimum absolute atomic E-state index is 0.118. The zero-order valence-corrected chi connectivity index (χ0v) is 19.3. The summed E-state index contributed by atoms with van der Waals surface area (Å²) in [5, 5.41) is 9.11. The lowest BCUT2D eigenvalue weighted by molar-refractivity contribution is -0.123. The van der Waals surface area contributed by atoms with Crippen molar-refractivity contribution in [2.45, 2.75) is 18.5 Å². The predicted molar refractivity (Wildman–Crippen MR) is 132 cm³/mol. The predicted octanol–water partition coefficient (Wildman–Crippen LogP) is 3.42. The number of aromatic carboxylic acids is 1. The van der Waals surface area contributed by atoms with E-state index in [9.17, 15) is 14.4 Å². The summed E-state index contributed by atoms with van der Waals surface area (Å²) in [5.41, 5.74) is 3.00. The van der Waals surface area contributed by atoms with Crippen molar-refractivity contribution in [1.82, 2.24) is 9.80 Å². The van der Waals surface area contributed by atoms with E-state index in [-0.39, 0.29) is 29.8 Å². The summed E-state index contributed by atoms with van der Waals surface area (Å²) in [7, 11) is 0. The van der Waals surface area contributed by atoms with E-state index in [2.05, 4.69) is 58.3 Å². The van der Waals surface area contributed by atoms with Gasteiger partial charge in [-0.15, -0.1) is 0 Å². The van der Waals surface area contributed by atoms with E-state index in [1.54, 1.807) is 0 Å². The Balaban J connectivity index is 1.29. The molecule has 5 rings (SSSR count). The van der Waals surface area contributed by atoms with Crippen molar-refractivity contribution in [2.75, 3.05) is 31.1 Å². The van der Waals surface area contributed by atoms with Crippen molar-refractivity contribution in [2.24, 2.45) is 0 Å². The highest BCUT2D eigenvalue weighted by molar-refractivity contribution is 6.22. The van der Waals surface area contributed by atoms with Crippen LogP contribution in [0, 0.1) is 0 Å². The Labute approximate surface area is 204 Å². The maximum atomic E-state index is 13.2. The maximum absolute atomic E-state index is 13.2. The van der Waals surface area contributed by atoms with Gasteiger partial charge < -0.3 is 5.11 Å². The Kier molecular flexibility index (Phi) is 6.44. The molecule has 1 unspecified atom stereocenters. The first-order valence-corrected chi connectivity index (χ1v) is 11.8. The molecule has 0 saturated carbocycles. The number of nitrogens with zero attached hydrogens (tertiary/aromatic N) is 3. The number of carboxylic acid groups (broad SMARTS) is 1. The molecule has 2 aliphatic heterocycles.